The maximum atomic E-state index is 11.4. The van der Waals surface area contributed by atoms with Gasteiger partial charge in [-0.05, 0) is 36.7 Å². The van der Waals surface area contributed by atoms with Gasteiger partial charge in [-0.1, -0.05) is 30.3 Å². The Balaban J connectivity index is 1.57. The predicted octanol–water partition coefficient (Wildman–Crippen LogP) is 2.09. The summed E-state index contributed by atoms with van der Waals surface area (Å²) in [4.78, 5) is 11.4. The summed E-state index contributed by atoms with van der Waals surface area (Å²) in [6, 6.07) is 9.62. The molecule has 2 aliphatic rings. The normalized spacial score (nSPS) is 34.7. The molecule has 3 nitrogen and oxygen atoms in total. The van der Waals surface area contributed by atoms with Crippen molar-refractivity contribution in [3.63, 3.8) is 0 Å². The first-order valence-electron chi connectivity index (χ1n) is 7.10. The Morgan fingerprint density at radius 3 is 2.63 bits per heavy atom. The van der Waals surface area contributed by atoms with Crippen molar-refractivity contribution in [1.29, 1.82) is 0 Å². The second-order valence-electron chi connectivity index (χ2n) is 5.91. The zero-order valence-corrected chi connectivity index (χ0v) is 10.9. The highest BCUT2D eigenvalue weighted by atomic mass is 16.3. The quantitative estimate of drug-likeness (QED) is 0.871. The van der Waals surface area contributed by atoms with Gasteiger partial charge in [-0.2, -0.15) is 0 Å². The maximum Gasteiger partial charge on any atom is 0.136 e. The molecule has 5 atom stereocenters. The minimum Gasteiger partial charge on any atom is -0.393 e. The van der Waals surface area contributed by atoms with Gasteiger partial charge in [0.1, 0.15) is 5.78 Å². The third-order valence-corrected chi connectivity index (χ3v) is 4.86. The number of carbonyl (C=O) groups is 1. The molecule has 1 aromatic carbocycles. The fraction of sp³-hybridized carbons (Fsp3) is 0.562. The van der Waals surface area contributed by atoms with E-state index in [0.717, 1.165) is 12.0 Å². The molecule has 0 aliphatic heterocycles. The molecule has 3 rings (SSSR count). The van der Waals surface area contributed by atoms with Gasteiger partial charge in [0.25, 0.3) is 0 Å². The van der Waals surface area contributed by atoms with E-state index in [-0.39, 0.29) is 17.9 Å². The molecule has 2 saturated carbocycles. The van der Waals surface area contributed by atoms with E-state index in [4.69, 9.17) is 0 Å². The summed E-state index contributed by atoms with van der Waals surface area (Å²) in [5.41, 5.74) is 0.927. The van der Waals surface area contributed by atoms with E-state index in [0.29, 0.717) is 31.0 Å². The fourth-order valence-corrected chi connectivity index (χ4v) is 3.68. The molecule has 0 bridgehead atoms. The summed E-state index contributed by atoms with van der Waals surface area (Å²) in [6.07, 6.45) is 1.89. The van der Waals surface area contributed by atoms with Crippen molar-refractivity contribution in [2.24, 2.45) is 17.8 Å². The molecular formula is C16H20O3. The molecule has 0 spiro atoms. The molecular weight excluding hydrogens is 240 g/mol. The van der Waals surface area contributed by atoms with E-state index < -0.39 is 6.10 Å². The molecule has 2 fully saturated rings. The van der Waals surface area contributed by atoms with E-state index in [1.165, 1.54) is 0 Å². The fourth-order valence-electron chi connectivity index (χ4n) is 3.68. The van der Waals surface area contributed by atoms with Crippen molar-refractivity contribution >= 4 is 5.78 Å². The number of hydrogen-bond donors (Lipinski definition) is 2. The average Bonchev–Trinajstić information content (AvgIpc) is 2.69. The highest BCUT2D eigenvalue weighted by Crippen LogP contribution is 2.50. The summed E-state index contributed by atoms with van der Waals surface area (Å²) in [7, 11) is 0. The Morgan fingerprint density at radius 2 is 2.00 bits per heavy atom. The van der Waals surface area contributed by atoms with Gasteiger partial charge >= 0.3 is 0 Å². The lowest BCUT2D eigenvalue weighted by Gasteiger charge is -2.32. The summed E-state index contributed by atoms with van der Waals surface area (Å²) in [5.74, 6) is 0.982. The number of rotatable bonds is 4. The molecule has 2 aliphatic carbocycles. The third-order valence-electron chi connectivity index (χ3n) is 4.86. The standard InChI is InChI=1S/C16H20O3/c17-14(10-4-2-1-3-5-10)7-6-11-12-8-16(19)13(12)9-15(11)18/h1-5,11-15,17-18H,6-9H2. The minimum atomic E-state index is -0.469. The highest BCUT2D eigenvalue weighted by molar-refractivity contribution is 5.88. The summed E-state index contributed by atoms with van der Waals surface area (Å²) >= 11 is 0. The van der Waals surface area contributed by atoms with Crippen LogP contribution in [0.3, 0.4) is 0 Å². The topological polar surface area (TPSA) is 57.5 Å². The van der Waals surface area contributed by atoms with Gasteiger partial charge in [0.05, 0.1) is 12.2 Å². The van der Waals surface area contributed by atoms with Crippen LogP contribution in [0, 0.1) is 17.8 Å². The molecule has 0 amide bonds. The summed E-state index contributed by atoms with van der Waals surface area (Å²) in [5, 5.41) is 20.2. The molecule has 19 heavy (non-hydrogen) atoms. The Morgan fingerprint density at radius 1 is 1.26 bits per heavy atom. The van der Waals surface area contributed by atoms with Crippen LogP contribution in [0.15, 0.2) is 30.3 Å². The average molecular weight is 260 g/mol. The number of carbonyl (C=O) groups excluding carboxylic acids is 1. The SMILES string of the molecule is O=C1CC2C1CC(O)C2CCC(O)c1ccccc1. The Hall–Kier alpha value is -1.19. The molecule has 0 heterocycles. The molecule has 0 radical (unpaired) electrons. The Labute approximate surface area is 113 Å². The lowest BCUT2D eigenvalue weighted by Crippen LogP contribution is -2.36. The maximum absolute atomic E-state index is 11.4. The monoisotopic (exact) mass is 260 g/mol. The number of benzene rings is 1. The highest BCUT2D eigenvalue weighted by Gasteiger charge is 2.52. The molecule has 102 valence electrons. The van der Waals surface area contributed by atoms with Crippen LogP contribution in [-0.2, 0) is 4.79 Å². The van der Waals surface area contributed by atoms with Crippen LogP contribution in [0.2, 0.25) is 0 Å². The van der Waals surface area contributed by atoms with E-state index in [1.807, 2.05) is 30.3 Å². The van der Waals surface area contributed by atoms with Gasteiger partial charge < -0.3 is 10.2 Å². The zero-order chi connectivity index (χ0) is 13.4. The molecule has 2 N–H and O–H groups in total. The number of hydrogen-bond acceptors (Lipinski definition) is 3. The van der Waals surface area contributed by atoms with Crippen molar-refractivity contribution in [2.45, 2.75) is 37.9 Å². The summed E-state index contributed by atoms with van der Waals surface area (Å²) < 4.78 is 0. The summed E-state index contributed by atoms with van der Waals surface area (Å²) in [6.45, 7) is 0. The van der Waals surface area contributed by atoms with Gasteiger partial charge in [0.15, 0.2) is 0 Å². The number of aliphatic hydroxyl groups is 2. The first kappa shape index (κ1) is 12.8. The first-order chi connectivity index (χ1) is 9.16. The van der Waals surface area contributed by atoms with Gasteiger partial charge in [0.2, 0.25) is 0 Å². The Kier molecular flexibility index (Phi) is 3.42. The van der Waals surface area contributed by atoms with Gasteiger partial charge in [-0.15, -0.1) is 0 Å². The molecule has 1 aromatic rings. The molecule has 0 aromatic heterocycles. The van der Waals surface area contributed by atoms with Crippen LogP contribution in [0.5, 0.6) is 0 Å². The van der Waals surface area contributed by atoms with Gasteiger partial charge in [0, 0.05) is 12.3 Å². The van der Waals surface area contributed by atoms with Crippen molar-refractivity contribution in [3.8, 4) is 0 Å². The smallest absolute Gasteiger partial charge is 0.136 e. The first-order valence-corrected chi connectivity index (χ1v) is 7.10. The minimum absolute atomic E-state index is 0.105. The van der Waals surface area contributed by atoms with Crippen molar-refractivity contribution in [2.75, 3.05) is 0 Å². The second kappa shape index (κ2) is 5.06. The molecule has 3 heteroatoms. The van der Waals surface area contributed by atoms with Crippen LogP contribution >= 0.6 is 0 Å². The van der Waals surface area contributed by atoms with E-state index in [9.17, 15) is 15.0 Å². The number of Topliss-reactive ketones (excluding diaryl/α,β-unsaturated/α-hetero) is 1. The van der Waals surface area contributed by atoms with E-state index in [2.05, 4.69) is 0 Å². The van der Waals surface area contributed by atoms with Crippen LogP contribution in [0.25, 0.3) is 0 Å². The zero-order valence-electron chi connectivity index (χ0n) is 10.9. The predicted molar refractivity (Wildman–Crippen MR) is 71.4 cm³/mol. The largest absolute Gasteiger partial charge is 0.393 e. The van der Waals surface area contributed by atoms with E-state index >= 15 is 0 Å². The molecule has 5 unspecified atom stereocenters. The number of ketones is 1. The Bertz CT molecular complexity index is 456. The molecule has 0 saturated heterocycles. The van der Waals surface area contributed by atoms with Crippen molar-refractivity contribution in [1.82, 2.24) is 0 Å². The van der Waals surface area contributed by atoms with Crippen LogP contribution in [0.1, 0.15) is 37.4 Å². The van der Waals surface area contributed by atoms with Crippen LogP contribution in [-0.4, -0.2) is 22.1 Å². The van der Waals surface area contributed by atoms with Crippen LogP contribution < -0.4 is 0 Å². The van der Waals surface area contributed by atoms with Crippen molar-refractivity contribution < 1.29 is 15.0 Å². The van der Waals surface area contributed by atoms with E-state index in [1.54, 1.807) is 0 Å². The number of aliphatic hydroxyl groups excluding tert-OH is 2. The second-order valence-corrected chi connectivity index (χ2v) is 5.91. The van der Waals surface area contributed by atoms with Crippen LogP contribution in [0.4, 0.5) is 0 Å². The van der Waals surface area contributed by atoms with Gasteiger partial charge in [-0.25, -0.2) is 0 Å². The van der Waals surface area contributed by atoms with Crippen molar-refractivity contribution in [3.05, 3.63) is 35.9 Å². The third kappa shape index (κ3) is 2.33. The van der Waals surface area contributed by atoms with Gasteiger partial charge in [-0.3, -0.25) is 4.79 Å². The lowest BCUT2D eigenvalue weighted by atomic mass is 9.70. The number of fused-ring (bicyclic) bond motifs is 1. The lowest BCUT2D eigenvalue weighted by molar-refractivity contribution is -0.133.